The monoisotopic (exact) mass is 202 g/mol. The van der Waals surface area contributed by atoms with Gasteiger partial charge in [0, 0.05) is 13.0 Å². The third kappa shape index (κ3) is 5.95. The second kappa shape index (κ2) is 5.92. The van der Waals surface area contributed by atoms with Crippen LogP contribution in [0.4, 0.5) is 0 Å². The van der Waals surface area contributed by atoms with Gasteiger partial charge in [-0.25, -0.2) is 0 Å². The lowest BCUT2D eigenvalue weighted by atomic mass is 10.2. The summed E-state index contributed by atoms with van der Waals surface area (Å²) in [6, 6.07) is -0.972. The summed E-state index contributed by atoms with van der Waals surface area (Å²) < 4.78 is 0. The summed E-state index contributed by atoms with van der Waals surface area (Å²) in [4.78, 5) is 31.7. The summed E-state index contributed by atoms with van der Waals surface area (Å²) >= 11 is 0. The zero-order valence-corrected chi connectivity index (χ0v) is 7.66. The van der Waals surface area contributed by atoms with E-state index in [2.05, 4.69) is 5.32 Å². The van der Waals surface area contributed by atoms with Crippen LogP contribution in [0.25, 0.3) is 0 Å². The van der Waals surface area contributed by atoms with Gasteiger partial charge >= 0.3 is 0 Å². The van der Waals surface area contributed by atoms with E-state index < -0.39 is 23.8 Å². The highest BCUT2D eigenvalue weighted by atomic mass is 16.2. The van der Waals surface area contributed by atoms with Crippen LogP contribution in [0.2, 0.25) is 0 Å². The van der Waals surface area contributed by atoms with E-state index in [1.165, 1.54) is 0 Å². The first-order chi connectivity index (χ1) is 6.43. The molecule has 0 aromatic heterocycles. The largest absolute Gasteiger partial charge is 0.370 e. The number of rotatable bonds is 6. The lowest BCUT2D eigenvalue weighted by Gasteiger charge is -2.09. The zero-order chi connectivity index (χ0) is 11.1. The molecular formula is C7H14N4O3. The van der Waals surface area contributed by atoms with Gasteiger partial charge in [0.1, 0.15) is 0 Å². The van der Waals surface area contributed by atoms with Crippen LogP contribution in [0.15, 0.2) is 0 Å². The van der Waals surface area contributed by atoms with Gasteiger partial charge in [-0.15, -0.1) is 0 Å². The van der Waals surface area contributed by atoms with Gasteiger partial charge in [-0.2, -0.15) is 0 Å². The van der Waals surface area contributed by atoms with Crippen molar-refractivity contribution in [3.05, 3.63) is 0 Å². The molecule has 0 spiro atoms. The van der Waals surface area contributed by atoms with E-state index in [1.54, 1.807) is 0 Å². The van der Waals surface area contributed by atoms with Crippen LogP contribution in [0, 0.1) is 0 Å². The molecule has 1 unspecified atom stereocenters. The average Bonchev–Trinajstić information content (AvgIpc) is 2.01. The first-order valence-corrected chi connectivity index (χ1v) is 4.03. The fraction of sp³-hybridized carbons (Fsp3) is 0.571. The molecule has 0 saturated carbocycles. The lowest BCUT2D eigenvalue weighted by molar-refractivity contribution is -0.126. The van der Waals surface area contributed by atoms with Gasteiger partial charge in [0.05, 0.1) is 12.5 Å². The van der Waals surface area contributed by atoms with Crippen molar-refractivity contribution in [3.63, 3.8) is 0 Å². The predicted octanol–water partition coefficient (Wildman–Crippen LogP) is -2.82. The summed E-state index contributed by atoms with van der Waals surface area (Å²) in [5.41, 5.74) is 15.0. The van der Waals surface area contributed by atoms with Crippen LogP contribution in [0.5, 0.6) is 0 Å². The van der Waals surface area contributed by atoms with E-state index in [9.17, 15) is 14.4 Å². The SMILES string of the molecule is NC(=O)CCNC(=O)C(N)CC(N)=O. The Morgan fingerprint density at radius 3 is 2.14 bits per heavy atom. The molecule has 0 aromatic rings. The number of nitrogens with one attached hydrogen (secondary N) is 1. The number of primary amides is 2. The Kier molecular flexibility index (Phi) is 5.23. The van der Waals surface area contributed by atoms with Crippen LogP contribution < -0.4 is 22.5 Å². The summed E-state index contributed by atoms with van der Waals surface area (Å²) in [7, 11) is 0. The minimum Gasteiger partial charge on any atom is -0.370 e. The van der Waals surface area contributed by atoms with Crippen molar-refractivity contribution in [1.29, 1.82) is 0 Å². The second-order valence-corrected chi connectivity index (χ2v) is 2.78. The Labute approximate surface area is 81.0 Å². The van der Waals surface area contributed by atoms with Gasteiger partial charge in [-0.05, 0) is 0 Å². The molecule has 80 valence electrons. The molecule has 7 heteroatoms. The quantitative estimate of drug-likeness (QED) is 0.368. The van der Waals surface area contributed by atoms with Crippen LogP contribution in [-0.4, -0.2) is 30.3 Å². The van der Waals surface area contributed by atoms with Crippen molar-refractivity contribution in [2.75, 3.05) is 6.54 Å². The summed E-state index contributed by atoms with van der Waals surface area (Å²) in [5, 5.41) is 2.35. The molecule has 0 saturated heterocycles. The number of hydrogen-bond acceptors (Lipinski definition) is 4. The number of carbonyl (C=O) groups excluding carboxylic acids is 3. The Bertz CT molecular complexity index is 241. The number of hydrogen-bond donors (Lipinski definition) is 4. The minimum absolute atomic E-state index is 0.0367. The Morgan fingerprint density at radius 2 is 1.71 bits per heavy atom. The maximum atomic E-state index is 11.1. The highest BCUT2D eigenvalue weighted by molar-refractivity contribution is 5.87. The second-order valence-electron chi connectivity index (χ2n) is 2.78. The highest BCUT2D eigenvalue weighted by Crippen LogP contribution is 1.86. The molecule has 0 rings (SSSR count). The third-order valence-electron chi connectivity index (χ3n) is 1.43. The molecule has 14 heavy (non-hydrogen) atoms. The fourth-order valence-electron chi connectivity index (χ4n) is 0.749. The van der Waals surface area contributed by atoms with Crippen molar-refractivity contribution < 1.29 is 14.4 Å². The highest BCUT2D eigenvalue weighted by Gasteiger charge is 2.15. The lowest BCUT2D eigenvalue weighted by Crippen LogP contribution is -2.43. The van der Waals surface area contributed by atoms with E-state index in [1.807, 2.05) is 0 Å². The normalized spacial score (nSPS) is 11.8. The third-order valence-corrected chi connectivity index (χ3v) is 1.43. The summed E-state index contributed by atoms with van der Waals surface area (Å²) in [6.07, 6.45) is -0.183. The topological polar surface area (TPSA) is 141 Å². The Hall–Kier alpha value is -1.63. The molecular weight excluding hydrogens is 188 g/mol. The maximum Gasteiger partial charge on any atom is 0.237 e. The van der Waals surface area contributed by atoms with Gasteiger partial charge in [-0.1, -0.05) is 0 Å². The van der Waals surface area contributed by atoms with Gasteiger partial charge in [0.2, 0.25) is 17.7 Å². The summed E-state index contributed by atoms with van der Waals surface area (Å²) in [6.45, 7) is 0.112. The average molecular weight is 202 g/mol. The van der Waals surface area contributed by atoms with Crippen molar-refractivity contribution in [1.82, 2.24) is 5.32 Å². The van der Waals surface area contributed by atoms with Crippen LogP contribution >= 0.6 is 0 Å². The van der Waals surface area contributed by atoms with Gasteiger partial charge in [0.15, 0.2) is 0 Å². The van der Waals surface area contributed by atoms with E-state index >= 15 is 0 Å². The van der Waals surface area contributed by atoms with E-state index in [0.717, 1.165) is 0 Å². The fourth-order valence-corrected chi connectivity index (χ4v) is 0.749. The van der Waals surface area contributed by atoms with Crippen molar-refractivity contribution >= 4 is 17.7 Å². The molecule has 0 aliphatic rings. The summed E-state index contributed by atoms with van der Waals surface area (Å²) in [5.74, 6) is -1.69. The maximum absolute atomic E-state index is 11.1. The smallest absolute Gasteiger partial charge is 0.237 e. The molecule has 7 N–H and O–H groups in total. The molecule has 0 aliphatic carbocycles. The van der Waals surface area contributed by atoms with Gasteiger partial charge < -0.3 is 22.5 Å². The molecule has 3 amide bonds. The number of nitrogens with two attached hydrogens (primary N) is 3. The Morgan fingerprint density at radius 1 is 1.14 bits per heavy atom. The predicted molar refractivity (Wildman–Crippen MR) is 48.6 cm³/mol. The molecule has 0 aliphatic heterocycles. The first kappa shape index (κ1) is 12.4. The first-order valence-electron chi connectivity index (χ1n) is 4.03. The van der Waals surface area contributed by atoms with E-state index in [0.29, 0.717) is 0 Å². The molecule has 0 aromatic carbocycles. The van der Waals surface area contributed by atoms with E-state index in [-0.39, 0.29) is 19.4 Å². The molecule has 0 bridgehead atoms. The van der Waals surface area contributed by atoms with Gasteiger partial charge in [0.25, 0.3) is 0 Å². The number of carbonyl (C=O) groups is 3. The minimum atomic E-state index is -0.972. The Balaban J connectivity index is 3.73. The molecule has 0 radical (unpaired) electrons. The van der Waals surface area contributed by atoms with Crippen molar-refractivity contribution in [3.8, 4) is 0 Å². The standard InChI is InChI=1S/C7H14N4O3/c8-4(3-6(10)13)7(14)11-2-1-5(9)12/h4H,1-3,8H2,(H2,9,12)(H2,10,13)(H,11,14). The molecule has 7 nitrogen and oxygen atoms in total. The molecule has 0 heterocycles. The van der Waals surface area contributed by atoms with Crippen molar-refractivity contribution in [2.45, 2.75) is 18.9 Å². The van der Waals surface area contributed by atoms with Gasteiger partial charge in [-0.3, -0.25) is 14.4 Å². The van der Waals surface area contributed by atoms with Crippen molar-refractivity contribution in [2.24, 2.45) is 17.2 Å². The van der Waals surface area contributed by atoms with E-state index in [4.69, 9.17) is 17.2 Å². The van der Waals surface area contributed by atoms with Crippen LogP contribution in [-0.2, 0) is 14.4 Å². The molecule has 1 atom stereocenters. The van der Waals surface area contributed by atoms with Crippen LogP contribution in [0.1, 0.15) is 12.8 Å². The number of amides is 3. The molecule has 0 fully saturated rings. The zero-order valence-electron chi connectivity index (χ0n) is 7.66. The van der Waals surface area contributed by atoms with Crippen LogP contribution in [0.3, 0.4) is 0 Å².